The Balaban J connectivity index is 1.59. The van der Waals surface area contributed by atoms with Gasteiger partial charge in [0.05, 0.1) is 0 Å². The number of aliphatic hydroxyl groups is 1. The van der Waals surface area contributed by atoms with Gasteiger partial charge in [-0.25, -0.2) is 4.79 Å². The second kappa shape index (κ2) is 7.70. The van der Waals surface area contributed by atoms with Crippen LogP contribution in [0.1, 0.15) is 38.5 Å². The first-order valence-electron chi connectivity index (χ1n) is 8.36. The molecule has 2 saturated heterocycles. The van der Waals surface area contributed by atoms with E-state index < -0.39 is 24.6 Å². The summed E-state index contributed by atoms with van der Waals surface area (Å²) in [5.41, 5.74) is -2.65. The van der Waals surface area contributed by atoms with Gasteiger partial charge in [-0.05, 0) is 45.3 Å². The van der Waals surface area contributed by atoms with Gasteiger partial charge in [0.2, 0.25) is 0 Å². The largest absolute Gasteiger partial charge is 0.417 e. The predicted octanol–water partition coefficient (Wildman–Crippen LogP) is 1.96. The lowest BCUT2D eigenvalue weighted by atomic mass is 9.91. The quantitative estimate of drug-likeness (QED) is 0.754. The number of hydrogen-bond donors (Lipinski definition) is 2. The first-order valence-corrected chi connectivity index (χ1v) is 8.36. The Bertz CT molecular complexity index is 390. The van der Waals surface area contributed by atoms with Gasteiger partial charge >= 0.3 is 12.2 Å². The number of halogens is 3. The summed E-state index contributed by atoms with van der Waals surface area (Å²) < 4.78 is 38.1. The summed E-state index contributed by atoms with van der Waals surface area (Å²) in [6.07, 6.45) is -1.16. The average molecular weight is 337 g/mol. The van der Waals surface area contributed by atoms with E-state index in [2.05, 4.69) is 10.2 Å². The number of alkyl halides is 3. The molecule has 23 heavy (non-hydrogen) atoms. The molecule has 0 atom stereocenters. The number of nitrogens with one attached hydrogen (secondary N) is 1. The van der Waals surface area contributed by atoms with Gasteiger partial charge in [-0.2, -0.15) is 13.2 Å². The molecular weight excluding hydrogens is 311 g/mol. The molecule has 0 saturated carbocycles. The minimum atomic E-state index is -4.63. The monoisotopic (exact) mass is 337 g/mol. The Kier molecular flexibility index (Phi) is 6.13. The fourth-order valence-corrected chi connectivity index (χ4v) is 3.14. The number of unbranched alkanes of at least 4 members (excludes halogenated alkanes) is 1. The number of carbonyl (C=O) groups is 1. The lowest BCUT2D eigenvalue weighted by Crippen LogP contribution is -2.55. The first kappa shape index (κ1) is 18.3. The van der Waals surface area contributed by atoms with E-state index >= 15 is 0 Å². The van der Waals surface area contributed by atoms with E-state index in [9.17, 15) is 23.1 Å². The van der Waals surface area contributed by atoms with E-state index in [-0.39, 0.29) is 19.1 Å². The van der Waals surface area contributed by atoms with Crippen LogP contribution in [0.3, 0.4) is 0 Å². The molecule has 0 unspecified atom stereocenters. The molecule has 5 nitrogen and oxygen atoms in total. The molecule has 2 amide bonds. The zero-order chi connectivity index (χ0) is 16.9. The van der Waals surface area contributed by atoms with Crippen LogP contribution < -0.4 is 5.32 Å². The molecule has 0 aromatic rings. The molecule has 2 rings (SSSR count). The molecule has 0 radical (unpaired) electrons. The van der Waals surface area contributed by atoms with Crippen molar-refractivity contribution < 1.29 is 23.1 Å². The molecule has 2 fully saturated rings. The lowest BCUT2D eigenvalue weighted by Gasteiger charge is -2.39. The summed E-state index contributed by atoms with van der Waals surface area (Å²) in [6, 6.07) is -0.338. The Morgan fingerprint density at radius 3 is 2.26 bits per heavy atom. The summed E-state index contributed by atoms with van der Waals surface area (Å²) in [6.45, 7) is 3.74. The topological polar surface area (TPSA) is 55.8 Å². The van der Waals surface area contributed by atoms with Gasteiger partial charge in [-0.1, -0.05) is 0 Å². The van der Waals surface area contributed by atoms with Crippen LogP contribution in [0.5, 0.6) is 0 Å². The van der Waals surface area contributed by atoms with Gasteiger partial charge in [0.1, 0.15) is 0 Å². The van der Waals surface area contributed by atoms with Crippen molar-refractivity contribution in [3.05, 3.63) is 0 Å². The van der Waals surface area contributed by atoms with Gasteiger partial charge in [0, 0.05) is 32.5 Å². The van der Waals surface area contributed by atoms with Gasteiger partial charge < -0.3 is 20.2 Å². The third-order valence-corrected chi connectivity index (χ3v) is 4.78. The Morgan fingerprint density at radius 2 is 1.70 bits per heavy atom. The molecule has 2 heterocycles. The zero-order valence-corrected chi connectivity index (χ0v) is 13.4. The highest BCUT2D eigenvalue weighted by Gasteiger charge is 2.54. The highest BCUT2D eigenvalue weighted by Crippen LogP contribution is 2.38. The number of rotatable bonds is 5. The van der Waals surface area contributed by atoms with E-state index in [0.717, 1.165) is 32.5 Å². The molecule has 2 aliphatic rings. The number of carbonyl (C=O) groups excluding carboxylic acids is 1. The molecule has 0 aliphatic carbocycles. The summed E-state index contributed by atoms with van der Waals surface area (Å²) >= 11 is 0. The van der Waals surface area contributed by atoms with Gasteiger partial charge in [-0.3, -0.25) is 0 Å². The number of hydrogen-bond acceptors (Lipinski definition) is 3. The predicted molar refractivity (Wildman–Crippen MR) is 80.1 cm³/mol. The molecule has 0 aromatic heterocycles. The standard InChI is InChI=1S/C15H26F3N3O2/c16-15(17,18)14(23)5-11-21(12-6-14)13(22)19-7-1-2-8-20-9-3-4-10-20/h23H,1-12H2,(H,19,22). The number of piperidine rings is 1. The minimum absolute atomic E-state index is 0.0738. The average Bonchev–Trinajstić information content (AvgIpc) is 2.99. The van der Waals surface area contributed by atoms with Crippen LogP contribution in [0.2, 0.25) is 0 Å². The SMILES string of the molecule is O=C(NCCCCN1CCCC1)N1CCC(O)(C(F)(F)F)CC1. The summed E-state index contributed by atoms with van der Waals surface area (Å²) in [7, 11) is 0. The van der Waals surface area contributed by atoms with Crippen molar-refractivity contribution in [3.63, 3.8) is 0 Å². The third-order valence-electron chi connectivity index (χ3n) is 4.78. The molecule has 8 heteroatoms. The highest BCUT2D eigenvalue weighted by atomic mass is 19.4. The van der Waals surface area contributed by atoms with Crippen molar-refractivity contribution >= 4 is 6.03 Å². The number of amides is 2. The van der Waals surface area contributed by atoms with E-state index in [1.54, 1.807) is 0 Å². The van der Waals surface area contributed by atoms with Crippen LogP contribution in [0.25, 0.3) is 0 Å². The van der Waals surface area contributed by atoms with E-state index in [1.807, 2.05) is 0 Å². The van der Waals surface area contributed by atoms with Crippen LogP contribution in [0, 0.1) is 0 Å². The van der Waals surface area contributed by atoms with Crippen molar-refractivity contribution in [1.29, 1.82) is 0 Å². The maximum absolute atomic E-state index is 12.7. The first-order chi connectivity index (χ1) is 10.8. The minimum Gasteiger partial charge on any atom is -0.380 e. The second-order valence-electron chi connectivity index (χ2n) is 6.50. The maximum Gasteiger partial charge on any atom is 0.417 e. The molecule has 2 aliphatic heterocycles. The molecule has 0 bridgehead atoms. The number of urea groups is 1. The van der Waals surface area contributed by atoms with E-state index in [4.69, 9.17) is 0 Å². The Morgan fingerprint density at radius 1 is 1.09 bits per heavy atom. The fourth-order valence-electron chi connectivity index (χ4n) is 3.14. The molecule has 0 spiro atoms. The van der Waals surface area contributed by atoms with Gasteiger partial charge in [-0.15, -0.1) is 0 Å². The molecule has 134 valence electrons. The van der Waals surface area contributed by atoms with E-state index in [1.165, 1.54) is 17.7 Å². The Hall–Kier alpha value is -1.02. The fraction of sp³-hybridized carbons (Fsp3) is 0.933. The smallest absolute Gasteiger partial charge is 0.380 e. The van der Waals surface area contributed by atoms with E-state index in [0.29, 0.717) is 6.54 Å². The molecule has 2 N–H and O–H groups in total. The van der Waals surface area contributed by atoms with Crippen LogP contribution in [-0.4, -0.2) is 72.0 Å². The molecule has 0 aromatic carbocycles. The van der Waals surface area contributed by atoms with Crippen LogP contribution in [0.4, 0.5) is 18.0 Å². The summed E-state index contributed by atoms with van der Waals surface area (Å²) in [4.78, 5) is 15.7. The van der Waals surface area contributed by atoms with Crippen LogP contribution in [0.15, 0.2) is 0 Å². The van der Waals surface area contributed by atoms with Crippen molar-refractivity contribution in [2.24, 2.45) is 0 Å². The van der Waals surface area contributed by atoms with Gasteiger partial charge in [0.25, 0.3) is 0 Å². The summed E-state index contributed by atoms with van der Waals surface area (Å²) in [5, 5.41) is 12.3. The van der Waals surface area contributed by atoms with Crippen molar-refractivity contribution in [1.82, 2.24) is 15.1 Å². The van der Waals surface area contributed by atoms with Crippen molar-refractivity contribution in [2.45, 2.75) is 50.3 Å². The lowest BCUT2D eigenvalue weighted by molar-refractivity contribution is -0.271. The van der Waals surface area contributed by atoms with Crippen LogP contribution >= 0.6 is 0 Å². The van der Waals surface area contributed by atoms with Crippen LogP contribution in [-0.2, 0) is 0 Å². The maximum atomic E-state index is 12.7. The van der Waals surface area contributed by atoms with Gasteiger partial charge in [0.15, 0.2) is 5.60 Å². The number of nitrogens with zero attached hydrogens (tertiary/aromatic N) is 2. The summed E-state index contributed by atoms with van der Waals surface area (Å²) in [5.74, 6) is 0. The molecular formula is C15H26F3N3O2. The zero-order valence-electron chi connectivity index (χ0n) is 13.4. The highest BCUT2D eigenvalue weighted by molar-refractivity contribution is 5.74. The normalized spacial score (nSPS) is 22.3. The second-order valence-corrected chi connectivity index (χ2v) is 6.50. The van der Waals surface area contributed by atoms with Crippen molar-refractivity contribution in [3.8, 4) is 0 Å². The van der Waals surface area contributed by atoms with Crippen molar-refractivity contribution in [2.75, 3.05) is 39.3 Å². The number of likely N-dealkylation sites (tertiary alicyclic amines) is 2. The Labute approximate surface area is 134 Å². The third kappa shape index (κ3) is 4.97.